The maximum Gasteiger partial charge on any atom is 0.413 e. The van der Waals surface area contributed by atoms with Crippen molar-refractivity contribution < 1.29 is 14.3 Å². The summed E-state index contributed by atoms with van der Waals surface area (Å²) in [7, 11) is 0. The summed E-state index contributed by atoms with van der Waals surface area (Å²) in [4.78, 5) is 14.1. The highest BCUT2D eigenvalue weighted by atomic mass is 16.6. The second-order valence-electron chi connectivity index (χ2n) is 5.96. The Labute approximate surface area is 116 Å². The standard InChI is InChI=1S/C15H25NO3/c1-7-9-12(10-8-2)19-13(17)16-14(3,4)11-18-15(16,5)6/h9,12H,1,8,10-11H2,2-6H3/t12-/m0/s1. The molecule has 0 N–H and O–H groups in total. The van der Waals surface area contributed by atoms with Gasteiger partial charge in [0.05, 0.1) is 12.1 Å². The maximum absolute atomic E-state index is 12.4. The molecule has 108 valence electrons. The van der Waals surface area contributed by atoms with E-state index < -0.39 is 5.72 Å². The molecular weight excluding hydrogens is 242 g/mol. The molecule has 1 rings (SSSR count). The first-order valence-corrected chi connectivity index (χ1v) is 6.75. The predicted molar refractivity (Wildman–Crippen MR) is 74.8 cm³/mol. The van der Waals surface area contributed by atoms with Gasteiger partial charge in [0.15, 0.2) is 0 Å². The van der Waals surface area contributed by atoms with E-state index in [9.17, 15) is 4.79 Å². The molecule has 0 aromatic heterocycles. The van der Waals surface area contributed by atoms with Crippen LogP contribution < -0.4 is 0 Å². The molecule has 0 bridgehead atoms. The van der Waals surface area contributed by atoms with Gasteiger partial charge in [0.1, 0.15) is 11.8 Å². The number of amides is 1. The Morgan fingerprint density at radius 2 is 2.16 bits per heavy atom. The Morgan fingerprint density at radius 1 is 1.53 bits per heavy atom. The Bertz CT molecular complexity index is 365. The predicted octanol–water partition coefficient (Wildman–Crippen LogP) is 3.48. The molecule has 4 heteroatoms. The van der Waals surface area contributed by atoms with Crippen LogP contribution in [0.4, 0.5) is 4.79 Å². The van der Waals surface area contributed by atoms with Crippen LogP contribution >= 0.6 is 0 Å². The summed E-state index contributed by atoms with van der Waals surface area (Å²) in [6.07, 6.45) is 2.77. The first kappa shape index (κ1) is 15.8. The Balaban J connectivity index is 2.83. The summed E-state index contributed by atoms with van der Waals surface area (Å²) in [5.74, 6) is 0. The quantitative estimate of drug-likeness (QED) is 0.732. The van der Waals surface area contributed by atoms with Crippen molar-refractivity contribution in [1.82, 2.24) is 4.90 Å². The number of carbonyl (C=O) groups is 1. The third-order valence-corrected chi connectivity index (χ3v) is 3.23. The maximum atomic E-state index is 12.4. The zero-order valence-electron chi connectivity index (χ0n) is 12.7. The van der Waals surface area contributed by atoms with E-state index in [-0.39, 0.29) is 17.7 Å². The third-order valence-electron chi connectivity index (χ3n) is 3.23. The minimum Gasteiger partial charge on any atom is -0.441 e. The van der Waals surface area contributed by atoms with Gasteiger partial charge < -0.3 is 9.47 Å². The van der Waals surface area contributed by atoms with Crippen molar-refractivity contribution in [3.05, 3.63) is 18.4 Å². The molecule has 19 heavy (non-hydrogen) atoms. The molecule has 1 aliphatic rings. The lowest BCUT2D eigenvalue weighted by Crippen LogP contribution is -2.53. The number of ether oxygens (including phenoxy) is 2. The molecule has 1 saturated heterocycles. The summed E-state index contributed by atoms with van der Waals surface area (Å²) >= 11 is 0. The van der Waals surface area contributed by atoms with E-state index in [0.717, 1.165) is 12.8 Å². The van der Waals surface area contributed by atoms with Crippen LogP contribution in [0.15, 0.2) is 18.4 Å². The lowest BCUT2D eigenvalue weighted by Gasteiger charge is -2.37. The first-order chi connectivity index (χ1) is 8.74. The SMILES string of the molecule is C=C=C[C@@H](CCC)OC(=O)N1C(C)(C)COC1(C)C. The van der Waals surface area contributed by atoms with Crippen LogP contribution in [0.2, 0.25) is 0 Å². The molecule has 1 fully saturated rings. The van der Waals surface area contributed by atoms with E-state index in [4.69, 9.17) is 9.47 Å². The van der Waals surface area contributed by atoms with Gasteiger partial charge in [0, 0.05) is 0 Å². The van der Waals surface area contributed by atoms with Gasteiger partial charge in [-0.1, -0.05) is 19.9 Å². The van der Waals surface area contributed by atoms with Gasteiger partial charge in [-0.05, 0) is 40.2 Å². The topological polar surface area (TPSA) is 38.8 Å². The molecular formula is C15H25NO3. The first-order valence-electron chi connectivity index (χ1n) is 6.75. The summed E-state index contributed by atoms with van der Waals surface area (Å²) in [6, 6.07) is 0. The molecule has 0 radical (unpaired) electrons. The van der Waals surface area contributed by atoms with Crippen LogP contribution in [-0.4, -0.2) is 35.0 Å². The van der Waals surface area contributed by atoms with Crippen molar-refractivity contribution in [3.63, 3.8) is 0 Å². The highest BCUT2D eigenvalue weighted by molar-refractivity contribution is 5.70. The number of rotatable bonds is 4. The zero-order valence-corrected chi connectivity index (χ0v) is 12.7. The Kier molecular flexibility index (Phi) is 4.83. The van der Waals surface area contributed by atoms with Crippen molar-refractivity contribution >= 4 is 6.09 Å². The fourth-order valence-electron chi connectivity index (χ4n) is 2.45. The van der Waals surface area contributed by atoms with Gasteiger partial charge in [-0.3, -0.25) is 4.90 Å². The smallest absolute Gasteiger partial charge is 0.413 e. The average Bonchev–Trinajstić information content (AvgIpc) is 2.48. The normalized spacial score (nSPS) is 21.6. The zero-order chi connectivity index (χ0) is 14.7. The van der Waals surface area contributed by atoms with Crippen LogP contribution in [0.5, 0.6) is 0 Å². The van der Waals surface area contributed by atoms with Crippen LogP contribution in [0.3, 0.4) is 0 Å². The van der Waals surface area contributed by atoms with Gasteiger partial charge in [0.25, 0.3) is 0 Å². The molecule has 1 heterocycles. The van der Waals surface area contributed by atoms with Gasteiger partial charge in [-0.25, -0.2) is 4.79 Å². The van der Waals surface area contributed by atoms with Crippen molar-refractivity contribution in [2.45, 2.75) is 64.8 Å². The Morgan fingerprint density at radius 3 is 2.58 bits per heavy atom. The van der Waals surface area contributed by atoms with Gasteiger partial charge in [-0.15, -0.1) is 5.73 Å². The van der Waals surface area contributed by atoms with Crippen molar-refractivity contribution in [3.8, 4) is 0 Å². The van der Waals surface area contributed by atoms with Gasteiger partial charge in [0.2, 0.25) is 0 Å². The van der Waals surface area contributed by atoms with E-state index >= 15 is 0 Å². The fraction of sp³-hybridized carbons (Fsp3) is 0.733. The molecule has 0 spiro atoms. The van der Waals surface area contributed by atoms with Gasteiger partial charge >= 0.3 is 6.09 Å². The minimum absolute atomic E-state index is 0.276. The monoisotopic (exact) mass is 267 g/mol. The molecule has 0 unspecified atom stereocenters. The third kappa shape index (κ3) is 3.62. The highest BCUT2D eigenvalue weighted by Crippen LogP contribution is 2.35. The summed E-state index contributed by atoms with van der Waals surface area (Å²) in [5, 5.41) is 0. The molecule has 0 aromatic rings. The molecule has 1 atom stereocenters. The second kappa shape index (κ2) is 5.81. The second-order valence-corrected chi connectivity index (χ2v) is 5.96. The van der Waals surface area contributed by atoms with Crippen LogP contribution in [-0.2, 0) is 9.47 Å². The van der Waals surface area contributed by atoms with Gasteiger partial charge in [-0.2, -0.15) is 0 Å². The molecule has 1 amide bonds. The summed E-state index contributed by atoms with van der Waals surface area (Å²) in [6.45, 7) is 13.8. The van der Waals surface area contributed by atoms with Crippen molar-refractivity contribution in [2.24, 2.45) is 0 Å². The number of carbonyl (C=O) groups excluding carboxylic acids is 1. The molecule has 0 aromatic carbocycles. The van der Waals surface area contributed by atoms with Crippen molar-refractivity contribution in [1.29, 1.82) is 0 Å². The lowest BCUT2D eigenvalue weighted by atomic mass is 10.0. The van der Waals surface area contributed by atoms with E-state index in [2.05, 4.69) is 12.3 Å². The van der Waals surface area contributed by atoms with E-state index in [1.54, 1.807) is 11.0 Å². The number of hydrogen-bond acceptors (Lipinski definition) is 3. The van der Waals surface area contributed by atoms with E-state index in [1.807, 2.05) is 34.6 Å². The number of hydrogen-bond donors (Lipinski definition) is 0. The molecule has 0 saturated carbocycles. The Hall–Kier alpha value is -1.25. The van der Waals surface area contributed by atoms with Crippen LogP contribution in [0, 0.1) is 0 Å². The van der Waals surface area contributed by atoms with E-state index in [1.165, 1.54) is 0 Å². The van der Waals surface area contributed by atoms with Crippen LogP contribution in [0.1, 0.15) is 47.5 Å². The number of nitrogens with zero attached hydrogens (tertiary/aromatic N) is 1. The van der Waals surface area contributed by atoms with Crippen molar-refractivity contribution in [2.75, 3.05) is 6.61 Å². The summed E-state index contributed by atoms with van der Waals surface area (Å²) < 4.78 is 11.2. The highest BCUT2D eigenvalue weighted by Gasteiger charge is 2.49. The summed E-state index contributed by atoms with van der Waals surface area (Å²) in [5.41, 5.74) is 1.68. The minimum atomic E-state index is -0.644. The lowest BCUT2D eigenvalue weighted by molar-refractivity contribution is -0.0558. The van der Waals surface area contributed by atoms with E-state index in [0.29, 0.717) is 6.61 Å². The van der Waals surface area contributed by atoms with Crippen LogP contribution in [0.25, 0.3) is 0 Å². The largest absolute Gasteiger partial charge is 0.441 e. The molecule has 0 aliphatic carbocycles. The average molecular weight is 267 g/mol. The molecule has 1 aliphatic heterocycles. The fourth-order valence-corrected chi connectivity index (χ4v) is 2.45. The molecule has 4 nitrogen and oxygen atoms in total.